The highest BCUT2D eigenvalue weighted by molar-refractivity contribution is 5.61. The molecule has 0 aliphatic carbocycles. The molecule has 2 aromatic rings. The molecule has 1 unspecified atom stereocenters. The van der Waals surface area contributed by atoms with Gasteiger partial charge in [0.15, 0.2) is 0 Å². The molecule has 0 saturated heterocycles. The molecule has 104 valence electrons. The highest BCUT2D eigenvalue weighted by atomic mass is 16.3. The number of rotatable bonds is 5. The molecule has 0 bridgehead atoms. The largest absolute Gasteiger partial charge is 0.394 e. The first-order valence-electron chi connectivity index (χ1n) is 7.12. The molecule has 1 atom stereocenters. The second kappa shape index (κ2) is 6.07. The van der Waals surface area contributed by atoms with Gasteiger partial charge in [0.25, 0.3) is 0 Å². The van der Waals surface area contributed by atoms with Crippen LogP contribution in [-0.2, 0) is 13.0 Å². The first kappa shape index (κ1) is 13.2. The molecular formula is C17H20N2O. The third-order valence-electron chi connectivity index (χ3n) is 3.86. The van der Waals surface area contributed by atoms with E-state index in [4.69, 9.17) is 0 Å². The molecule has 3 rings (SSSR count). The van der Waals surface area contributed by atoms with E-state index in [0.29, 0.717) is 0 Å². The Hall–Kier alpha value is -1.84. The number of anilines is 1. The maximum absolute atomic E-state index is 9.57. The Morgan fingerprint density at radius 2 is 1.95 bits per heavy atom. The average Bonchev–Trinajstić information content (AvgIpc) is 2.98. The number of fused-ring (bicyclic) bond motifs is 1. The summed E-state index contributed by atoms with van der Waals surface area (Å²) in [4.78, 5) is 0. The van der Waals surface area contributed by atoms with E-state index in [9.17, 15) is 5.11 Å². The van der Waals surface area contributed by atoms with Gasteiger partial charge in [0.1, 0.15) is 0 Å². The van der Waals surface area contributed by atoms with Crippen LogP contribution in [0.15, 0.2) is 48.5 Å². The smallest absolute Gasteiger partial charge is 0.0626 e. The van der Waals surface area contributed by atoms with Gasteiger partial charge in [-0.25, -0.2) is 0 Å². The maximum atomic E-state index is 9.57. The Morgan fingerprint density at radius 1 is 1.10 bits per heavy atom. The van der Waals surface area contributed by atoms with Gasteiger partial charge in [-0.1, -0.05) is 48.5 Å². The van der Waals surface area contributed by atoms with E-state index in [1.807, 2.05) is 30.3 Å². The molecule has 1 heterocycles. The standard InChI is InChI=1S/C17H20N2O/c20-12-16(13-5-2-1-3-6-13)19-11-15-8-4-7-14-9-10-18-17(14)15/h1-8,16,18-20H,9-12H2. The Kier molecular flexibility index (Phi) is 4.00. The van der Waals surface area contributed by atoms with E-state index in [-0.39, 0.29) is 12.6 Å². The Morgan fingerprint density at radius 3 is 2.75 bits per heavy atom. The number of nitrogens with one attached hydrogen (secondary N) is 2. The van der Waals surface area contributed by atoms with Gasteiger partial charge in [-0.2, -0.15) is 0 Å². The summed E-state index contributed by atoms with van der Waals surface area (Å²) in [6, 6.07) is 16.5. The number of hydrogen-bond donors (Lipinski definition) is 3. The van der Waals surface area contributed by atoms with Gasteiger partial charge in [-0.15, -0.1) is 0 Å². The van der Waals surface area contributed by atoms with Gasteiger partial charge in [0.05, 0.1) is 12.6 Å². The van der Waals surface area contributed by atoms with Crippen LogP contribution in [0.3, 0.4) is 0 Å². The highest BCUT2D eigenvalue weighted by Crippen LogP contribution is 2.26. The quantitative estimate of drug-likeness (QED) is 0.780. The fraction of sp³-hybridized carbons (Fsp3) is 0.294. The number of aliphatic hydroxyl groups is 1. The predicted octanol–water partition coefficient (Wildman–Crippen LogP) is 2.48. The Balaban J connectivity index is 1.71. The van der Waals surface area contributed by atoms with E-state index in [0.717, 1.165) is 25.1 Å². The normalized spacial score (nSPS) is 14.7. The summed E-state index contributed by atoms with van der Waals surface area (Å²) in [5.74, 6) is 0. The fourth-order valence-electron chi connectivity index (χ4n) is 2.76. The van der Waals surface area contributed by atoms with Crippen LogP contribution in [0.25, 0.3) is 0 Å². The lowest BCUT2D eigenvalue weighted by atomic mass is 10.1. The average molecular weight is 268 g/mol. The van der Waals surface area contributed by atoms with Crippen LogP contribution in [0.1, 0.15) is 22.7 Å². The van der Waals surface area contributed by atoms with Crippen LogP contribution in [0, 0.1) is 0 Å². The van der Waals surface area contributed by atoms with Crippen LogP contribution < -0.4 is 10.6 Å². The van der Waals surface area contributed by atoms with E-state index in [1.54, 1.807) is 0 Å². The third kappa shape index (κ3) is 2.69. The Labute approximate surface area is 119 Å². The molecular weight excluding hydrogens is 248 g/mol. The summed E-state index contributed by atoms with van der Waals surface area (Å²) < 4.78 is 0. The summed E-state index contributed by atoms with van der Waals surface area (Å²) in [6.07, 6.45) is 1.10. The molecule has 3 nitrogen and oxygen atoms in total. The van der Waals surface area contributed by atoms with Crippen molar-refractivity contribution in [3.05, 3.63) is 65.2 Å². The molecule has 0 saturated carbocycles. The minimum absolute atomic E-state index is 0.0199. The molecule has 20 heavy (non-hydrogen) atoms. The zero-order chi connectivity index (χ0) is 13.8. The first-order valence-corrected chi connectivity index (χ1v) is 7.12. The number of hydrogen-bond acceptors (Lipinski definition) is 3. The van der Waals surface area contributed by atoms with E-state index < -0.39 is 0 Å². The number of aliphatic hydroxyl groups excluding tert-OH is 1. The van der Waals surface area contributed by atoms with Crippen molar-refractivity contribution < 1.29 is 5.11 Å². The van der Waals surface area contributed by atoms with Crippen LogP contribution in [-0.4, -0.2) is 18.3 Å². The summed E-state index contributed by atoms with van der Waals surface area (Å²) in [6.45, 7) is 1.89. The van der Waals surface area contributed by atoms with Gasteiger partial charge in [-0.3, -0.25) is 0 Å². The lowest BCUT2D eigenvalue weighted by molar-refractivity contribution is 0.243. The molecule has 0 aromatic heterocycles. The molecule has 0 fully saturated rings. The molecule has 0 spiro atoms. The molecule has 1 aliphatic heterocycles. The van der Waals surface area contributed by atoms with Crippen molar-refractivity contribution in [1.29, 1.82) is 0 Å². The second-order valence-electron chi connectivity index (χ2n) is 5.15. The van der Waals surface area contributed by atoms with Crippen molar-refractivity contribution in [2.24, 2.45) is 0 Å². The monoisotopic (exact) mass is 268 g/mol. The number of para-hydroxylation sites is 1. The zero-order valence-corrected chi connectivity index (χ0v) is 11.5. The van der Waals surface area contributed by atoms with Crippen LogP contribution in [0.5, 0.6) is 0 Å². The minimum Gasteiger partial charge on any atom is -0.394 e. The van der Waals surface area contributed by atoms with Crippen molar-refractivity contribution in [2.45, 2.75) is 19.0 Å². The van der Waals surface area contributed by atoms with Crippen molar-refractivity contribution in [3.63, 3.8) is 0 Å². The highest BCUT2D eigenvalue weighted by Gasteiger charge is 2.15. The third-order valence-corrected chi connectivity index (χ3v) is 3.86. The van der Waals surface area contributed by atoms with Crippen LogP contribution in [0.2, 0.25) is 0 Å². The van der Waals surface area contributed by atoms with Gasteiger partial charge < -0.3 is 15.7 Å². The maximum Gasteiger partial charge on any atom is 0.0626 e. The first-order chi connectivity index (χ1) is 9.88. The van der Waals surface area contributed by atoms with Crippen LogP contribution >= 0.6 is 0 Å². The van der Waals surface area contributed by atoms with E-state index in [1.165, 1.54) is 16.8 Å². The van der Waals surface area contributed by atoms with Crippen molar-refractivity contribution in [3.8, 4) is 0 Å². The lowest BCUT2D eigenvalue weighted by Crippen LogP contribution is -2.24. The fourth-order valence-corrected chi connectivity index (χ4v) is 2.76. The SMILES string of the molecule is OCC(NCc1cccc2c1NCC2)c1ccccc1. The molecule has 3 heteroatoms. The second-order valence-corrected chi connectivity index (χ2v) is 5.15. The minimum atomic E-state index is -0.0199. The molecule has 0 amide bonds. The van der Waals surface area contributed by atoms with Gasteiger partial charge in [-0.05, 0) is 23.1 Å². The predicted molar refractivity (Wildman–Crippen MR) is 81.7 cm³/mol. The van der Waals surface area contributed by atoms with Gasteiger partial charge >= 0.3 is 0 Å². The van der Waals surface area contributed by atoms with Gasteiger partial charge in [0.2, 0.25) is 0 Å². The lowest BCUT2D eigenvalue weighted by Gasteiger charge is -2.18. The van der Waals surface area contributed by atoms with Crippen molar-refractivity contribution >= 4 is 5.69 Å². The van der Waals surface area contributed by atoms with E-state index >= 15 is 0 Å². The van der Waals surface area contributed by atoms with Crippen molar-refractivity contribution in [1.82, 2.24) is 5.32 Å². The summed E-state index contributed by atoms with van der Waals surface area (Å²) in [7, 11) is 0. The molecule has 0 radical (unpaired) electrons. The molecule has 2 aromatic carbocycles. The summed E-state index contributed by atoms with van der Waals surface area (Å²) in [5, 5.41) is 16.5. The summed E-state index contributed by atoms with van der Waals surface area (Å²) >= 11 is 0. The Bertz CT molecular complexity index is 568. The van der Waals surface area contributed by atoms with E-state index in [2.05, 4.69) is 28.8 Å². The topological polar surface area (TPSA) is 44.3 Å². The number of benzene rings is 2. The van der Waals surface area contributed by atoms with Gasteiger partial charge in [0, 0.05) is 18.8 Å². The zero-order valence-electron chi connectivity index (χ0n) is 11.5. The van der Waals surface area contributed by atoms with Crippen molar-refractivity contribution in [2.75, 3.05) is 18.5 Å². The van der Waals surface area contributed by atoms with Crippen LogP contribution in [0.4, 0.5) is 5.69 Å². The summed E-state index contributed by atoms with van der Waals surface area (Å²) in [5.41, 5.74) is 5.05. The molecule has 3 N–H and O–H groups in total. The molecule has 1 aliphatic rings.